The van der Waals surface area contributed by atoms with Gasteiger partial charge < -0.3 is 9.47 Å². The average Bonchev–Trinajstić information content (AvgIpc) is 2.21. The van der Waals surface area contributed by atoms with Crippen molar-refractivity contribution < 1.29 is 19.1 Å². The first-order valence-corrected chi connectivity index (χ1v) is 4.81. The van der Waals surface area contributed by atoms with Crippen molar-refractivity contribution >= 4 is 11.9 Å². The summed E-state index contributed by atoms with van der Waals surface area (Å²) in [7, 11) is 0. The van der Waals surface area contributed by atoms with E-state index >= 15 is 0 Å². The molecule has 16 heavy (non-hydrogen) atoms. The van der Waals surface area contributed by atoms with Crippen LogP contribution in [-0.2, 0) is 19.1 Å². The molecule has 0 aromatic rings. The molecule has 0 aromatic carbocycles. The Kier molecular flexibility index (Phi) is 6.15. The Hall–Kier alpha value is -1.58. The summed E-state index contributed by atoms with van der Waals surface area (Å²) in [5, 5.41) is 0. The van der Waals surface area contributed by atoms with Crippen molar-refractivity contribution in [3.05, 3.63) is 30.2 Å². The summed E-state index contributed by atoms with van der Waals surface area (Å²) in [6.45, 7) is 12.0. The fourth-order valence-corrected chi connectivity index (χ4v) is 0.666. The van der Waals surface area contributed by atoms with Gasteiger partial charge in [-0.15, -0.1) is 0 Å². The van der Waals surface area contributed by atoms with E-state index in [2.05, 4.69) is 13.2 Å². The van der Waals surface area contributed by atoms with E-state index in [0.29, 0.717) is 11.1 Å². The largest absolute Gasteiger partial charge is 0.462 e. The van der Waals surface area contributed by atoms with Crippen molar-refractivity contribution in [3.63, 3.8) is 0 Å². The molecule has 0 rings (SSSR count). The Morgan fingerprint density at radius 2 is 1.19 bits per heavy atom. The molecule has 1 radical (unpaired) electrons. The van der Waals surface area contributed by atoms with Crippen molar-refractivity contribution in [2.45, 2.75) is 20.8 Å². The number of carbonyl (C=O) groups is 2. The second kappa shape index (κ2) is 6.82. The third kappa shape index (κ3) is 6.01. The predicted octanol–water partition coefficient (Wildman–Crippen LogP) is 1.82. The molecule has 89 valence electrons. The molecule has 0 N–H and O–H groups in total. The summed E-state index contributed by atoms with van der Waals surface area (Å²) in [6, 6.07) is 0. The molecule has 0 aromatic heterocycles. The van der Waals surface area contributed by atoms with E-state index in [0.717, 1.165) is 5.92 Å². The topological polar surface area (TPSA) is 52.6 Å². The second-order valence-electron chi connectivity index (χ2n) is 3.67. The number of hydrogen-bond donors (Lipinski definition) is 0. The van der Waals surface area contributed by atoms with Crippen LogP contribution in [0, 0.1) is 5.92 Å². The molecule has 0 spiro atoms. The lowest BCUT2D eigenvalue weighted by Crippen LogP contribution is -2.17. The predicted molar refractivity (Wildman–Crippen MR) is 60.5 cm³/mol. The molecule has 0 aliphatic heterocycles. The van der Waals surface area contributed by atoms with E-state index in [9.17, 15) is 9.59 Å². The van der Waals surface area contributed by atoms with Crippen molar-refractivity contribution in [3.8, 4) is 0 Å². The van der Waals surface area contributed by atoms with Crippen molar-refractivity contribution in [2.75, 3.05) is 13.2 Å². The molecule has 4 nitrogen and oxygen atoms in total. The van der Waals surface area contributed by atoms with Gasteiger partial charge >= 0.3 is 11.9 Å². The molecular weight excluding hydrogens is 208 g/mol. The maximum atomic E-state index is 11.0. The third-order valence-electron chi connectivity index (χ3n) is 1.60. The van der Waals surface area contributed by atoms with Gasteiger partial charge in [0.05, 0.1) is 0 Å². The zero-order valence-electron chi connectivity index (χ0n) is 9.96. The lowest BCUT2D eigenvalue weighted by Gasteiger charge is -2.11. The van der Waals surface area contributed by atoms with Crippen LogP contribution in [0.1, 0.15) is 20.8 Å². The van der Waals surface area contributed by atoms with E-state index in [-0.39, 0.29) is 13.2 Å². The van der Waals surface area contributed by atoms with E-state index in [1.54, 1.807) is 20.8 Å². The van der Waals surface area contributed by atoms with Crippen molar-refractivity contribution in [1.29, 1.82) is 0 Å². The number of rotatable bonds is 6. The van der Waals surface area contributed by atoms with Crippen molar-refractivity contribution in [1.82, 2.24) is 0 Å². The summed E-state index contributed by atoms with van der Waals surface area (Å²) >= 11 is 0. The number of ether oxygens (including phenoxy) is 2. The summed E-state index contributed by atoms with van der Waals surface area (Å²) in [4.78, 5) is 22.1. The number of carbonyl (C=O) groups excluding carboxylic acids is 2. The van der Waals surface area contributed by atoms with Gasteiger partial charge in [-0.05, 0) is 13.8 Å². The highest BCUT2D eigenvalue weighted by molar-refractivity contribution is 5.87. The molecule has 0 atom stereocenters. The minimum atomic E-state index is -0.453. The molecule has 0 saturated carbocycles. The van der Waals surface area contributed by atoms with Gasteiger partial charge in [0.1, 0.15) is 13.2 Å². The molecule has 0 saturated heterocycles. The highest BCUT2D eigenvalue weighted by Crippen LogP contribution is 2.04. The zero-order chi connectivity index (χ0) is 12.7. The molecule has 0 unspecified atom stereocenters. The lowest BCUT2D eigenvalue weighted by molar-refractivity contribution is -0.140. The maximum absolute atomic E-state index is 11.0. The fourth-order valence-electron chi connectivity index (χ4n) is 0.666. The third-order valence-corrected chi connectivity index (χ3v) is 1.60. The van der Waals surface area contributed by atoms with Gasteiger partial charge in [0.2, 0.25) is 0 Å². The molecule has 0 bridgehead atoms. The molecule has 0 amide bonds. The van der Waals surface area contributed by atoms with Crippen LogP contribution in [0.3, 0.4) is 0 Å². The zero-order valence-corrected chi connectivity index (χ0v) is 9.96. The smallest absolute Gasteiger partial charge is 0.333 e. The van der Waals surface area contributed by atoms with Gasteiger partial charge in [-0.1, -0.05) is 20.1 Å². The quantitative estimate of drug-likeness (QED) is 0.511. The fraction of sp³-hybridized carbons (Fsp3) is 0.417. The van der Waals surface area contributed by atoms with Crippen LogP contribution in [0.2, 0.25) is 0 Å². The average molecular weight is 225 g/mol. The van der Waals surface area contributed by atoms with E-state index in [1.807, 2.05) is 0 Å². The van der Waals surface area contributed by atoms with Crippen LogP contribution in [0.15, 0.2) is 24.3 Å². The van der Waals surface area contributed by atoms with Crippen LogP contribution >= 0.6 is 0 Å². The minimum absolute atomic E-state index is 0.120. The summed E-state index contributed by atoms with van der Waals surface area (Å²) < 4.78 is 9.74. The SMILES string of the molecule is C=C(C)C(=O)OC[C](C)COC(=O)C(=C)C. The molecule has 0 aliphatic rings. The van der Waals surface area contributed by atoms with E-state index < -0.39 is 11.9 Å². The molecule has 0 aliphatic carbocycles. The van der Waals surface area contributed by atoms with Crippen LogP contribution in [-0.4, -0.2) is 25.2 Å². The van der Waals surface area contributed by atoms with E-state index in [4.69, 9.17) is 9.47 Å². The maximum Gasteiger partial charge on any atom is 0.333 e. The van der Waals surface area contributed by atoms with Crippen LogP contribution in [0.4, 0.5) is 0 Å². The number of esters is 2. The van der Waals surface area contributed by atoms with Crippen LogP contribution in [0.25, 0.3) is 0 Å². The Labute approximate surface area is 95.9 Å². The molecular formula is C12H17O4. The summed E-state index contributed by atoms with van der Waals surface area (Å²) in [6.07, 6.45) is 0. The van der Waals surface area contributed by atoms with Crippen LogP contribution in [0.5, 0.6) is 0 Å². The first-order chi connectivity index (χ1) is 7.34. The Balaban J connectivity index is 3.79. The van der Waals surface area contributed by atoms with Crippen LogP contribution < -0.4 is 0 Å². The van der Waals surface area contributed by atoms with Gasteiger partial charge in [-0.2, -0.15) is 0 Å². The van der Waals surface area contributed by atoms with Gasteiger partial charge in [-0.3, -0.25) is 0 Å². The van der Waals surface area contributed by atoms with Gasteiger partial charge in [0.15, 0.2) is 0 Å². The molecule has 0 fully saturated rings. The Bertz CT molecular complexity index is 274. The minimum Gasteiger partial charge on any atom is -0.462 e. The van der Waals surface area contributed by atoms with E-state index in [1.165, 1.54) is 0 Å². The Morgan fingerprint density at radius 3 is 1.44 bits per heavy atom. The first-order valence-electron chi connectivity index (χ1n) is 4.81. The Morgan fingerprint density at radius 1 is 0.875 bits per heavy atom. The standard InChI is InChI=1S/C12H17O4/c1-8(2)11(13)15-6-10(5)7-16-12(14)9(3)4/h1,3,6-7H2,2,4-5H3. The summed E-state index contributed by atoms with van der Waals surface area (Å²) in [5.74, 6) is -0.166. The first kappa shape index (κ1) is 14.4. The second-order valence-corrected chi connectivity index (χ2v) is 3.67. The van der Waals surface area contributed by atoms with Crippen molar-refractivity contribution in [2.24, 2.45) is 0 Å². The summed E-state index contributed by atoms with van der Waals surface area (Å²) in [5.41, 5.74) is 0.679. The monoisotopic (exact) mass is 225 g/mol. The van der Waals surface area contributed by atoms with Gasteiger partial charge in [0.25, 0.3) is 0 Å². The van der Waals surface area contributed by atoms with Gasteiger partial charge in [0, 0.05) is 17.1 Å². The molecule has 4 heteroatoms. The molecule has 0 heterocycles. The highest BCUT2D eigenvalue weighted by Gasteiger charge is 2.11. The number of hydrogen-bond acceptors (Lipinski definition) is 4. The van der Waals surface area contributed by atoms with Gasteiger partial charge in [-0.25, -0.2) is 9.59 Å². The lowest BCUT2D eigenvalue weighted by atomic mass is 10.2. The normalized spacial score (nSPS) is 9.75. The highest BCUT2D eigenvalue weighted by atomic mass is 16.5.